The molecule has 0 atom stereocenters. The molecule has 0 amide bonds. The van der Waals surface area contributed by atoms with Crippen molar-refractivity contribution in [2.24, 2.45) is 0 Å². The maximum Gasteiger partial charge on any atom is 0.337 e. The van der Waals surface area contributed by atoms with E-state index in [1.165, 1.54) is 18.9 Å². The molecule has 0 aromatic heterocycles. The molecular weight excluding hydrogens is 368 g/mol. The first-order valence-corrected chi connectivity index (χ1v) is 7.97. The third-order valence-corrected chi connectivity index (χ3v) is 4.49. The highest BCUT2D eigenvalue weighted by atomic mass is 79.9. The van der Waals surface area contributed by atoms with Crippen molar-refractivity contribution in [3.63, 3.8) is 0 Å². The van der Waals surface area contributed by atoms with Crippen LogP contribution in [-0.2, 0) is 16.0 Å². The molecule has 2 aromatic carbocycles. The number of carboxylic acid groups (broad SMARTS) is 1. The molecule has 2 rings (SSSR count). The van der Waals surface area contributed by atoms with Crippen molar-refractivity contribution in [2.45, 2.75) is 16.2 Å². The number of benzene rings is 2. The first-order valence-electron chi connectivity index (χ1n) is 6.36. The van der Waals surface area contributed by atoms with E-state index in [4.69, 9.17) is 5.11 Å². The third kappa shape index (κ3) is 4.35. The van der Waals surface area contributed by atoms with Crippen molar-refractivity contribution in [3.8, 4) is 0 Å². The lowest BCUT2D eigenvalue weighted by Gasteiger charge is -2.09. The van der Waals surface area contributed by atoms with Crippen LogP contribution in [0.1, 0.15) is 15.9 Å². The number of carbonyl (C=O) groups excluding carboxylic acids is 1. The molecule has 22 heavy (non-hydrogen) atoms. The summed E-state index contributed by atoms with van der Waals surface area (Å²) in [6.45, 7) is 0. The van der Waals surface area contributed by atoms with Crippen LogP contribution in [0.5, 0.6) is 0 Å². The molecule has 0 saturated carbocycles. The van der Waals surface area contributed by atoms with Crippen LogP contribution in [0.4, 0.5) is 0 Å². The molecule has 0 bridgehead atoms. The number of carbonyl (C=O) groups is 2. The quantitative estimate of drug-likeness (QED) is 0.793. The van der Waals surface area contributed by atoms with Gasteiger partial charge in [0.2, 0.25) is 0 Å². The second-order valence-corrected chi connectivity index (χ2v) is 6.47. The van der Waals surface area contributed by atoms with E-state index in [2.05, 4.69) is 20.7 Å². The Kier molecular flexibility index (Phi) is 5.63. The average Bonchev–Trinajstić information content (AvgIpc) is 2.49. The molecule has 0 radical (unpaired) electrons. The van der Waals surface area contributed by atoms with Crippen molar-refractivity contribution in [1.29, 1.82) is 0 Å². The Bertz CT molecular complexity index is 698. The molecule has 0 aliphatic carbocycles. The smallest absolute Gasteiger partial charge is 0.337 e. The molecule has 4 nitrogen and oxygen atoms in total. The van der Waals surface area contributed by atoms with Gasteiger partial charge >= 0.3 is 11.9 Å². The topological polar surface area (TPSA) is 63.6 Å². The van der Waals surface area contributed by atoms with E-state index in [9.17, 15) is 9.59 Å². The van der Waals surface area contributed by atoms with Crippen LogP contribution in [0.25, 0.3) is 0 Å². The molecule has 1 N–H and O–H groups in total. The van der Waals surface area contributed by atoms with E-state index in [0.717, 1.165) is 19.8 Å². The maximum absolute atomic E-state index is 11.4. The summed E-state index contributed by atoms with van der Waals surface area (Å²) >= 11 is 4.81. The molecule has 114 valence electrons. The van der Waals surface area contributed by atoms with Gasteiger partial charge in [0.1, 0.15) is 0 Å². The SMILES string of the molecule is COC(=O)c1ccc(Sc2ccc(Br)cc2CC(=O)O)cc1. The molecule has 0 saturated heterocycles. The average molecular weight is 381 g/mol. The Hall–Kier alpha value is -1.79. The summed E-state index contributed by atoms with van der Waals surface area (Å²) in [7, 11) is 1.34. The lowest BCUT2D eigenvalue weighted by molar-refractivity contribution is -0.136. The number of halogens is 1. The van der Waals surface area contributed by atoms with Gasteiger partial charge in [-0.05, 0) is 48.0 Å². The second kappa shape index (κ2) is 7.47. The van der Waals surface area contributed by atoms with Gasteiger partial charge in [0.25, 0.3) is 0 Å². The number of hydrogen-bond donors (Lipinski definition) is 1. The Balaban J connectivity index is 2.23. The Morgan fingerprint density at radius 2 is 1.86 bits per heavy atom. The molecular formula is C16H13BrO4S. The van der Waals surface area contributed by atoms with Crippen LogP contribution in [0.3, 0.4) is 0 Å². The lowest BCUT2D eigenvalue weighted by atomic mass is 10.1. The van der Waals surface area contributed by atoms with Crippen LogP contribution >= 0.6 is 27.7 Å². The van der Waals surface area contributed by atoms with Crippen molar-refractivity contribution in [1.82, 2.24) is 0 Å². The predicted octanol–water partition coefficient (Wildman–Crippen LogP) is 4.01. The number of aliphatic carboxylic acids is 1. The van der Waals surface area contributed by atoms with E-state index in [1.807, 2.05) is 24.3 Å². The molecule has 2 aromatic rings. The van der Waals surface area contributed by atoms with Crippen molar-refractivity contribution in [2.75, 3.05) is 7.11 Å². The summed E-state index contributed by atoms with van der Waals surface area (Å²) in [6, 6.07) is 12.5. The van der Waals surface area contributed by atoms with E-state index in [1.54, 1.807) is 18.2 Å². The monoisotopic (exact) mass is 380 g/mol. The summed E-state index contributed by atoms with van der Waals surface area (Å²) in [4.78, 5) is 24.1. The fourth-order valence-electron chi connectivity index (χ4n) is 1.85. The van der Waals surface area contributed by atoms with Crippen molar-refractivity contribution in [3.05, 3.63) is 58.1 Å². The van der Waals surface area contributed by atoms with E-state index < -0.39 is 5.97 Å². The van der Waals surface area contributed by atoms with Gasteiger partial charge in [0.05, 0.1) is 19.1 Å². The minimum atomic E-state index is -0.874. The molecule has 0 aliphatic heterocycles. The highest BCUT2D eigenvalue weighted by molar-refractivity contribution is 9.10. The Morgan fingerprint density at radius 1 is 1.18 bits per heavy atom. The number of esters is 1. The summed E-state index contributed by atoms with van der Waals surface area (Å²) in [5, 5.41) is 9.00. The second-order valence-electron chi connectivity index (χ2n) is 4.44. The Morgan fingerprint density at radius 3 is 2.45 bits per heavy atom. The van der Waals surface area contributed by atoms with Gasteiger partial charge in [0, 0.05) is 14.3 Å². The first-order chi connectivity index (χ1) is 10.5. The number of hydrogen-bond acceptors (Lipinski definition) is 4. The molecule has 0 aliphatic rings. The standard InChI is InChI=1S/C16H13BrO4S/c1-21-16(20)10-2-5-13(6-3-10)22-14-7-4-12(17)8-11(14)9-15(18)19/h2-8H,9H2,1H3,(H,18,19). The fourth-order valence-corrected chi connectivity index (χ4v) is 3.19. The predicted molar refractivity (Wildman–Crippen MR) is 87.4 cm³/mol. The highest BCUT2D eigenvalue weighted by Gasteiger charge is 2.10. The van der Waals surface area contributed by atoms with Gasteiger partial charge in [-0.2, -0.15) is 0 Å². The zero-order valence-corrected chi connectivity index (χ0v) is 14.1. The third-order valence-electron chi connectivity index (χ3n) is 2.87. The normalized spacial score (nSPS) is 10.3. The Labute approximate surface area is 140 Å². The van der Waals surface area contributed by atoms with Gasteiger partial charge in [-0.3, -0.25) is 4.79 Å². The molecule has 0 unspecified atom stereocenters. The number of methoxy groups -OCH3 is 1. The molecule has 0 spiro atoms. The summed E-state index contributed by atoms with van der Waals surface area (Å²) in [5.41, 5.74) is 1.22. The molecule has 0 fully saturated rings. The van der Waals surface area contributed by atoms with Gasteiger partial charge in [0.15, 0.2) is 0 Å². The number of ether oxygens (including phenoxy) is 1. The zero-order valence-electron chi connectivity index (χ0n) is 11.7. The van der Waals surface area contributed by atoms with E-state index in [-0.39, 0.29) is 12.4 Å². The van der Waals surface area contributed by atoms with Gasteiger partial charge in [-0.25, -0.2) is 4.79 Å². The largest absolute Gasteiger partial charge is 0.481 e. The van der Waals surface area contributed by atoms with Crippen LogP contribution < -0.4 is 0 Å². The lowest BCUT2D eigenvalue weighted by Crippen LogP contribution is -2.01. The fraction of sp³-hybridized carbons (Fsp3) is 0.125. The minimum Gasteiger partial charge on any atom is -0.481 e. The minimum absolute atomic E-state index is 0.0397. The molecule has 0 heterocycles. The zero-order chi connectivity index (χ0) is 16.1. The van der Waals surface area contributed by atoms with E-state index in [0.29, 0.717) is 5.56 Å². The number of carboxylic acids is 1. The highest BCUT2D eigenvalue weighted by Crippen LogP contribution is 2.32. The summed E-state index contributed by atoms with van der Waals surface area (Å²) in [6.07, 6.45) is -0.0397. The van der Waals surface area contributed by atoms with Crippen molar-refractivity contribution >= 4 is 39.6 Å². The maximum atomic E-state index is 11.4. The van der Waals surface area contributed by atoms with Crippen molar-refractivity contribution < 1.29 is 19.4 Å². The summed E-state index contributed by atoms with van der Waals surface area (Å²) < 4.78 is 5.50. The summed E-state index contributed by atoms with van der Waals surface area (Å²) in [5.74, 6) is -1.26. The van der Waals surface area contributed by atoms with Crippen LogP contribution in [0, 0.1) is 0 Å². The van der Waals surface area contributed by atoms with Crippen LogP contribution in [0.15, 0.2) is 56.7 Å². The molecule has 6 heteroatoms. The number of rotatable bonds is 5. The van der Waals surface area contributed by atoms with Gasteiger partial charge in [-0.15, -0.1) is 0 Å². The van der Waals surface area contributed by atoms with Gasteiger partial charge in [-0.1, -0.05) is 27.7 Å². The van der Waals surface area contributed by atoms with E-state index >= 15 is 0 Å². The first kappa shape index (κ1) is 16.6. The van der Waals surface area contributed by atoms with Gasteiger partial charge < -0.3 is 9.84 Å². The van der Waals surface area contributed by atoms with Crippen LogP contribution in [0.2, 0.25) is 0 Å². The van der Waals surface area contributed by atoms with Crippen LogP contribution in [-0.4, -0.2) is 24.2 Å².